The Morgan fingerprint density at radius 3 is 1.67 bits per heavy atom. The molecule has 0 N–H and O–H groups in total. The smallest absolute Gasteiger partial charge is 1.00 e. The molecule has 9 heavy (non-hydrogen) atoms. The minimum absolute atomic E-state index is 0. The Morgan fingerprint density at radius 2 is 1.56 bits per heavy atom. The predicted molar refractivity (Wildman–Crippen MR) is 32.5 cm³/mol. The summed E-state index contributed by atoms with van der Waals surface area (Å²) in [6.07, 6.45) is 1.13. The molecule has 0 spiro atoms. The Balaban J connectivity index is -0.0000000417. The molecule has 0 aromatic heterocycles. The van der Waals surface area contributed by atoms with E-state index in [2.05, 4.69) is 6.92 Å². The Hall–Kier alpha value is 1.69. The average molecular weight is 272 g/mol. The van der Waals surface area contributed by atoms with Crippen molar-refractivity contribution in [2.45, 2.75) is 20.3 Å². The summed E-state index contributed by atoms with van der Waals surface area (Å²) >= 11 is 0. The van der Waals surface area contributed by atoms with Crippen LogP contribution in [0.3, 0.4) is 0 Å². The monoisotopic (exact) mass is 270 g/mol. The maximum Gasteiger partial charge on any atom is 2.00 e. The second kappa shape index (κ2) is 22.6. The van der Waals surface area contributed by atoms with Gasteiger partial charge in [-0.3, -0.25) is 0 Å². The molecule has 0 heterocycles. The van der Waals surface area contributed by atoms with Crippen LogP contribution in [0.1, 0.15) is 20.3 Å². The van der Waals surface area contributed by atoms with Crippen LogP contribution in [0.15, 0.2) is 0 Å². The first-order valence-electron chi connectivity index (χ1n) is 2.49. The molecular formula is C5H12Br2MgO. The SMILES string of the molecule is CCCOCC.[Br-].[Br-].[Mg+2]. The van der Waals surface area contributed by atoms with Crippen LogP contribution in [-0.4, -0.2) is 36.3 Å². The van der Waals surface area contributed by atoms with Crippen molar-refractivity contribution in [1.82, 2.24) is 0 Å². The zero-order valence-electron chi connectivity index (χ0n) is 5.99. The van der Waals surface area contributed by atoms with Crippen molar-refractivity contribution in [3.63, 3.8) is 0 Å². The van der Waals surface area contributed by atoms with Gasteiger partial charge in [-0.05, 0) is 13.3 Å². The van der Waals surface area contributed by atoms with E-state index < -0.39 is 0 Å². The third-order valence-corrected chi connectivity index (χ3v) is 0.553. The van der Waals surface area contributed by atoms with Gasteiger partial charge in [0.1, 0.15) is 0 Å². The Kier molecular flexibility index (Phi) is 56.3. The summed E-state index contributed by atoms with van der Waals surface area (Å²) in [5, 5.41) is 0. The molecule has 0 saturated carbocycles. The van der Waals surface area contributed by atoms with E-state index >= 15 is 0 Å². The van der Waals surface area contributed by atoms with E-state index in [0.29, 0.717) is 0 Å². The third kappa shape index (κ3) is 26.1. The number of halogens is 2. The number of hydrogen-bond donors (Lipinski definition) is 0. The normalized spacial score (nSPS) is 6.00. The van der Waals surface area contributed by atoms with Gasteiger partial charge in [0.05, 0.1) is 0 Å². The molecule has 0 unspecified atom stereocenters. The molecule has 0 radical (unpaired) electrons. The summed E-state index contributed by atoms with van der Waals surface area (Å²) in [6.45, 7) is 5.88. The van der Waals surface area contributed by atoms with Crippen LogP contribution < -0.4 is 34.0 Å². The van der Waals surface area contributed by atoms with Gasteiger partial charge in [0.25, 0.3) is 0 Å². The van der Waals surface area contributed by atoms with Crippen molar-refractivity contribution in [3.05, 3.63) is 0 Å². The summed E-state index contributed by atoms with van der Waals surface area (Å²) in [5.74, 6) is 0. The molecule has 0 saturated heterocycles. The molecule has 0 amide bonds. The van der Waals surface area contributed by atoms with E-state index in [1.807, 2.05) is 6.92 Å². The average Bonchev–Trinajstić information content (AvgIpc) is 1.61. The van der Waals surface area contributed by atoms with E-state index in [0.717, 1.165) is 19.6 Å². The van der Waals surface area contributed by atoms with Gasteiger partial charge in [-0.2, -0.15) is 0 Å². The number of rotatable bonds is 3. The first-order chi connectivity index (χ1) is 2.91. The fourth-order valence-corrected chi connectivity index (χ4v) is 0.289. The van der Waals surface area contributed by atoms with Gasteiger partial charge in [0.15, 0.2) is 0 Å². The van der Waals surface area contributed by atoms with Crippen LogP contribution >= 0.6 is 0 Å². The summed E-state index contributed by atoms with van der Waals surface area (Å²) in [4.78, 5) is 0. The van der Waals surface area contributed by atoms with E-state index in [-0.39, 0.29) is 57.0 Å². The molecule has 0 atom stereocenters. The van der Waals surface area contributed by atoms with Crippen molar-refractivity contribution in [1.29, 1.82) is 0 Å². The molecule has 0 rings (SSSR count). The van der Waals surface area contributed by atoms with Crippen molar-refractivity contribution in [2.24, 2.45) is 0 Å². The first kappa shape index (κ1) is 22.4. The number of ether oxygens (including phenoxy) is 1. The minimum atomic E-state index is 0. The van der Waals surface area contributed by atoms with Crippen molar-refractivity contribution in [3.8, 4) is 0 Å². The van der Waals surface area contributed by atoms with Gasteiger partial charge in [-0.25, -0.2) is 0 Å². The zero-order valence-corrected chi connectivity index (χ0v) is 10.6. The first-order valence-corrected chi connectivity index (χ1v) is 2.49. The summed E-state index contributed by atoms with van der Waals surface area (Å²) in [5.41, 5.74) is 0. The van der Waals surface area contributed by atoms with Crippen molar-refractivity contribution >= 4 is 23.1 Å². The molecule has 0 bridgehead atoms. The maximum absolute atomic E-state index is 4.98. The molecule has 0 aromatic carbocycles. The Labute approximate surface area is 94.6 Å². The minimum Gasteiger partial charge on any atom is -1.00 e. The molecule has 4 heteroatoms. The molecule has 0 aromatic rings. The summed E-state index contributed by atoms with van der Waals surface area (Å²) in [6, 6.07) is 0. The van der Waals surface area contributed by atoms with Crippen LogP contribution in [0.2, 0.25) is 0 Å². The van der Waals surface area contributed by atoms with Gasteiger partial charge >= 0.3 is 23.1 Å². The molecule has 1 nitrogen and oxygen atoms in total. The predicted octanol–water partition coefficient (Wildman–Crippen LogP) is -4.94. The fraction of sp³-hybridized carbons (Fsp3) is 1.00. The van der Waals surface area contributed by atoms with Crippen LogP contribution in [0.4, 0.5) is 0 Å². The largest absolute Gasteiger partial charge is 2.00 e. The maximum atomic E-state index is 4.98. The van der Waals surface area contributed by atoms with Gasteiger partial charge in [0.2, 0.25) is 0 Å². The number of hydrogen-bond acceptors (Lipinski definition) is 1. The molecule has 54 valence electrons. The van der Waals surface area contributed by atoms with E-state index in [9.17, 15) is 0 Å². The van der Waals surface area contributed by atoms with E-state index in [1.165, 1.54) is 0 Å². The molecule has 0 fully saturated rings. The molecule has 0 aliphatic heterocycles. The van der Waals surface area contributed by atoms with Gasteiger partial charge in [-0.1, -0.05) is 6.92 Å². The van der Waals surface area contributed by atoms with Crippen LogP contribution in [0.25, 0.3) is 0 Å². The molecule has 0 aliphatic carbocycles. The van der Waals surface area contributed by atoms with Crippen LogP contribution in [-0.2, 0) is 4.74 Å². The van der Waals surface area contributed by atoms with Crippen LogP contribution in [0, 0.1) is 0 Å². The Bertz CT molecular complexity index is 26.9. The molecular weight excluding hydrogens is 260 g/mol. The second-order valence-corrected chi connectivity index (χ2v) is 1.20. The standard InChI is InChI=1S/C5H12O.2BrH.Mg/c1-3-5-6-4-2;;;/h3-5H2,1-2H3;2*1H;/q;;;+2/p-2. The quantitative estimate of drug-likeness (QED) is 0.369. The van der Waals surface area contributed by atoms with E-state index in [1.54, 1.807) is 0 Å². The van der Waals surface area contributed by atoms with Crippen molar-refractivity contribution in [2.75, 3.05) is 13.2 Å². The van der Waals surface area contributed by atoms with E-state index in [4.69, 9.17) is 4.74 Å². The van der Waals surface area contributed by atoms with Crippen molar-refractivity contribution < 1.29 is 38.7 Å². The second-order valence-electron chi connectivity index (χ2n) is 1.20. The topological polar surface area (TPSA) is 9.23 Å². The zero-order chi connectivity index (χ0) is 4.83. The Morgan fingerprint density at radius 1 is 1.11 bits per heavy atom. The van der Waals surface area contributed by atoms with Gasteiger partial charge in [0, 0.05) is 13.2 Å². The van der Waals surface area contributed by atoms with Gasteiger partial charge < -0.3 is 38.7 Å². The molecule has 0 aliphatic rings. The van der Waals surface area contributed by atoms with Gasteiger partial charge in [-0.15, -0.1) is 0 Å². The third-order valence-electron chi connectivity index (χ3n) is 0.553. The van der Waals surface area contributed by atoms with Crippen LogP contribution in [0.5, 0.6) is 0 Å². The fourth-order valence-electron chi connectivity index (χ4n) is 0.289. The summed E-state index contributed by atoms with van der Waals surface area (Å²) < 4.78 is 4.98. The summed E-state index contributed by atoms with van der Waals surface area (Å²) in [7, 11) is 0.